The second kappa shape index (κ2) is 5.41. The highest BCUT2D eigenvalue weighted by Gasteiger charge is 2.31. The zero-order valence-corrected chi connectivity index (χ0v) is 11.1. The molecule has 1 saturated heterocycles. The zero-order valence-electron chi connectivity index (χ0n) is 10.3. The van der Waals surface area contributed by atoms with Gasteiger partial charge in [0.2, 0.25) is 0 Å². The molecule has 4 heteroatoms. The lowest BCUT2D eigenvalue weighted by atomic mass is 9.87. The molecular formula is C11H24N2OS. The summed E-state index contributed by atoms with van der Waals surface area (Å²) < 4.78 is 11.3. The predicted octanol–water partition coefficient (Wildman–Crippen LogP) is 0.811. The van der Waals surface area contributed by atoms with Gasteiger partial charge in [-0.15, -0.1) is 0 Å². The van der Waals surface area contributed by atoms with Gasteiger partial charge in [0.1, 0.15) is 0 Å². The summed E-state index contributed by atoms with van der Waals surface area (Å²) in [6.07, 6.45) is 2.85. The average Bonchev–Trinajstić information content (AvgIpc) is 2.18. The van der Waals surface area contributed by atoms with Gasteiger partial charge in [-0.1, -0.05) is 6.92 Å². The molecule has 2 N–H and O–H groups in total. The lowest BCUT2D eigenvalue weighted by Gasteiger charge is -2.42. The monoisotopic (exact) mass is 232 g/mol. The summed E-state index contributed by atoms with van der Waals surface area (Å²) in [5.74, 6) is 0.538. The van der Waals surface area contributed by atoms with Crippen LogP contribution in [0.4, 0.5) is 0 Å². The highest BCUT2D eigenvalue weighted by molar-refractivity contribution is 7.84. The van der Waals surface area contributed by atoms with Crippen molar-refractivity contribution in [1.82, 2.24) is 4.90 Å². The van der Waals surface area contributed by atoms with Crippen molar-refractivity contribution in [3.63, 3.8) is 0 Å². The standard InChI is InChI=1S/C11H24N2OS/c1-8(15(4)14)7-13-6-5-11(12)9(2)10(13)3/h8-11H,5-7,12H2,1-4H3. The number of nitrogens with zero attached hydrogens (tertiary/aromatic N) is 1. The van der Waals surface area contributed by atoms with E-state index >= 15 is 0 Å². The molecule has 0 spiro atoms. The Bertz CT molecular complexity index is 235. The molecule has 0 aromatic rings. The smallest absolute Gasteiger partial charge is 0.0444 e. The maximum Gasteiger partial charge on any atom is 0.0444 e. The van der Waals surface area contributed by atoms with Crippen LogP contribution in [0, 0.1) is 5.92 Å². The topological polar surface area (TPSA) is 46.3 Å². The second-order valence-electron chi connectivity index (χ2n) is 4.86. The average molecular weight is 232 g/mol. The minimum Gasteiger partial charge on any atom is -0.327 e. The highest BCUT2D eigenvalue weighted by Crippen LogP contribution is 2.22. The first-order valence-electron chi connectivity index (χ1n) is 5.75. The maximum atomic E-state index is 11.3. The van der Waals surface area contributed by atoms with Crippen molar-refractivity contribution in [1.29, 1.82) is 0 Å². The Kier molecular flexibility index (Phi) is 4.74. The third-order valence-electron chi connectivity index (χ3n) is 3.82. The Morgan fingerprint density at radius 1 is 1.53 bits per heavy atom. The van der Waals surface area contributed by atoms with E-state index in [0.717, 1.165) is 19.5 Å². The molecule has 0 aromatic carbocycles. The van der Waals surface area contributed by atoms with Crippen LogP contribution in [0.3, 0.4) is 0 Å². The Balaban J connectivity index is 2.53. The quantitative estimate of drug-likeness (QED) is 0.783. The molecular weight excluding hydrogens is 208 g/mol. The van der Waals surface area contributed by atoms with Gasteiger partial charge in [0, 0.05) is 40.9 Å². The van der Waals surface area contributed by atoms with Gasteiger partial charge in [0.25, 0.3) is 0 Å². The summed E-state index contributed by atoms with van der Waals surface area (Å²) in [7, 11) is -0.720. The van der Waals surface area contributed by atoms with E-state index in [1.807, 2.05) is 0 Å². The van der Waals surface area contributed by atoms with E-state index in [2.05, 4.69) is 25.7 Å². The van der Waals surface area contributed by atoms with Crippen LogP contribution in [0.25, 0.3) is 0 Å². The van der Waals surface area contributed by atoms with Gasteiger partial charge in [-0.25, -0.2) is 0 Å². The van der Waals surface area contributed by atoms with E-state index < -0.39 is 10.8 Å². The van der Waals surface area contributed by atoms with Gasteiger partial charge in [-0.05, 0) is 32.7 Å². The minimum atomic E-state index is -0.720. The summed E-state index contributed by atoms with van der Waals surface area (Å²) in [6, 6.07) is 0.846. The molecule has 5 atom stereocenters. The van der Waals surface area contributed by atoms with Crippen molar-refractivity contribution >= 4 is 10.8 Å². The number of piperidine rings is 1. The van der Waals surface area contributed by atoms with Crippen LogP contribution in [0.15, 0.2) is 0 Å². The molecule has 0 bridgehead atoms. The third-order valence-corrected chi connectivity index (χ3v) is 5.10. The van der Waals surface area contributed by atoms with Gasteiger partial charge in [-0.3, -0.25) is 9.11 Å². The Morgan fingerprint density at radius 2 is 2.13 bits per heavy atom. The van der Waals surface area contributed by atoms with Gasteiger partial charge >= 0.3 is 0 Å². The number of rotatable bonds is 3. The van der Waals surface area contributed by atoms with E-state index in [0.29, 0.717) is 18.0 Å². The van der Waals surface area contributed by atoms with E-state index in [1.165, 1.54) is 0 Å². The fraction of sp³-hybridized carbons (Fsp3) is 1.00. The molecule has 1 heterocycles. The molecule has 5 unspecified atom stereocenters. The summed E-state index contributed by atoms with van der Waals surface area (Å²) in [6.45, 7) is 8.49. The van der Waals surface area contributed by atoms with Crippen LogP contribution in [-0.4, -0.2) is 45.8 Å². The van der Waals surface area contributed by atoms with Crippen molar-refractivity contribution < 1.29 is 4.21 Å². The molecule has 0 aliphatic carbocycles. The van der Waals surface area contributed by atoms with Crippen LogP contribution >= 0.6 is 0 Å². The Hall–Kier alpha value is 0.0700. The molecule has 1 rings (SSSR count). The molecule has 90 valence electrons. The fourth-order valence-electron chi connectivity index (χ4n) is 2.16. The van der Waals surface area contributed by atoms with E-state index in [9.17, 15) is 4.21 Å². The van der Waals surface area contributed by atoms with Gasteiger partial charge < -0.3 is 5.73 Å². The third kappa shape index (κ3) is 3.26. The zero-order chi connectivity index (χ0) is 11.6. The number of nitrogens with two attached hydrogens (primary N) is 1. The largest absolute Gasteiger partial charge is 0.327 e. The van der Waals surface area contributed by atoms with E-state index in [1.54, 1.807) is 6.26 Å². The predicted molar refractivity (Wildman–Crippen MR) is 66.3 cm³/mol. The normalized spacial score (nSPS) is 37.5. The molecule has 15 heavy (non-hydrogen) atoms. The van der Waals surface area contributed by atoms with Crippen molar-refractivity contribution in [2.45, 2.75) is 44.5 Å². The van der Waals surface area contributed by atoms with Gasteiger partial charge in [-0.2, -0.15) is 0 Å². The van der Waals surface area contributed by atoms with Crippen molar-refractivity contribution in [3.8, 4) is 0 Å². The first kappa shape index (κ1) is 13.1. The van der Waals surface area contributed by atoms with E-state index in [-0.39, 0.29) is 5.25 Å². The van der Waals surface area contributed by atoms with Crippen LogP contribution < -0.4 is 5.73 Å². The van der Waals surface area contributed by atoms with Crippen LogP contribution in [-0.2, 0) is 10.8 Å². The first-order valence-corrected chi connectivity index (χ1v) is 7.37. The Labute approximate surface area is 95.9 Å². The maximum absolute atomic E-state index is 11.3. The SMILES string of the molecule is CC1C(N)CCN(CC(C)S(C)=O)C1C. The number of hydrogen-bond donors (Lipinski definition) is 1. The Morgan fingerprint density at radius 3 is 2.67 bits per heavy atom. The summed E-state index contributed by atoms with van der Waals surface area (Å²) in [5.41, 5.74) is 6.03. The lowest BCUT2D eigenvalue weighted by molar-refractivity contribution is 0.0993. The van der Waals surface area contributed by atoms with Crippen molar-refractivity contribution in [3.05, 3.63) is 0 Å². The summed E-state index contributed by atoms with van der Waals surface area (Å²) >= 11 is 0. The molecule has 0 saturated carbocycles. The minimum absolute atomic E-state index is 0.258. The van der Waals surface area contributed by atoms with Crippen LogP contribution in [0.1, 0.15) is 27.2 Å². The molecule has 3 nitrogen and oxygen atoms in total. The molecule has 1 fully saturated rings. The molecule has 0 amide bonds. The van der Waals surface area contributed by atoms with Crippen molar-refractivity contribution in [2.24, 2.45) is 11.7 Å². The molecule has 0 aromatic heterocycles. The van der Waals surface area contributed by atoms with E-state index in [4.69, 9.17) is 5.73 Å². The molecule has 0 radical (unpaired) electrons. The van der Waals surface area contributed by atoms with Gasteiger partial charge in [0.15, 0.2) is 0 Å². The van der Waals surface area contributed by atoms with Crippen molar-refractivity contribution in [2.75, 3.05) is 19.3 Å². The van der Waals surface area contributed by atoms with Gasteiger partial charge in [0.05, 0.1) is 0 Å². The molecule has 1 aliphatic rings. The van der Waals surface area contributed by atoms with Crippen LogP contribution in [0.2, 0.25) is 0 Å². The number of hydrogen-bond acceptors (Lipinski definition) is 3. The molecule has 1 aliphatic heterocycles. The first-order chi connectivity index (χ1) is 6.93. The number of likely N-dealkylation sites (tertiary alicyclic amines) is 1. The summed E-state index contributed by atoms with van der Waals surface area (Å²) in [4.78, 5) is 2.43. The lowest BCUT2D eigenvalue weighted by Crippen LogP contribution is -2.53. The fourth-order valence-corrected chi connectivity index (χ4v) is 2.57. The van der Waals surface area contributed by atoms with Crippen LogP contribution in [0.5, 0.6) is 0 Å². The highest BCUT2D eigenvalue weighted by atomic mass is 32.2. The summed E-state index contributed by atoms with van der Waals surface area (Å²) in [5, 5.41) is 0.258. The second-order valence-corrected chi connectivity index (χ2v) is 6.66.